The molecule has 0 saturated heterocycles. The normalized spacial score (nSPS) is 27.1. The molecule has 2 nitrogen and oxygen atoms in total. The van der Waals surface area contributed by atoms with Crippen molar-refractivity contribution in [1.82, 2.24) is 4.90 Å². The van der Waals surface area contributed by atoms with Gasteiger partial charge < -0.3 is 5.11 Å². The first-order valence-corrected chi connectivity index (χ1v) is 5.19. The summed E-state index contributed by atoms with van der Waals surface area (Å²) in [6.45, 7) is 9.37. The van der Waals surface area contributed by atoms with E-state index >= 15 is 0 Å². The molecule has 0 spiro atoms. The van der Waals surface area contributed by atoms with Crippen molar-refractivity contribution in [3.63, 3.8) is 0 Å². The molecule has 1 rings (SSSR count). The van der Waals surface area contributed by atoms with Crippen LogP contribution in [0.2, 0.25) is 0 Å². The molecule has 1 N–H and O–H groups in total. The molecule has 0 aromatic heterocycles. The van der Waals surface area contributed by atoms with Gasteiger partial charge in [0.2, 0.25) is 0 Å². The number of hydrogen-bond donors (Lipinski definition) is 1. The summed E-state index contributed by atoms with van der Waals surface area (Å²) in [4.78, 5) is 2.34. The van der Waals surface area contributed by atoms with Crippen LogP contribution in [0.4, 0.5) is 0 Å². The zero-order chi connectivity index (χ0) is 9.84. The third-order valence-corrected chi connectivity index (χ3v) is 2.53. The first kappa shape index (κ1) is 10.7. The molecular weight excluding hydrogens is 162 g/mol. The first-order valence-electron chi connectivity index (χ1n) is 5.19. The van der Waals surface area contributed by atoms with Crippen LogP contribution in [0.3, 0.4) is 0 Å². The Morgan fingerprint density at radius 2 is 2.38 bits per heavy atom. The zero-order valence-corrected chi connectivity index (χ0v) is 8.95. The summed E-state index contributed by atoms with van der Waals surface area (Å²) in [5.41, 5.74) is 1.43. The topological polar surface area (TPSA) is 23.5 Å². The molecule has 2 unspecified atom stereocenters. The van der Waals surface area contributed by atoms with E-state index in [0.717, 1.165) is 26.1 Å². The Morgan fingerprint density at radius 3 is 2.92 bits per heavy atom. The van der Waals surface area contributed by atoms with Gasteiger partial charge >= 0.3 is 0 Å². The number of aliphatic hydroxyl groups is 1. The molecule has 0 aromatic rings. The van der Waals surface area contributed by atoms with Crippen LogP contribution in [-0.2, 0) is 0 Å². The van der Waals surface area contributed by atoms with Crippen LogP contribution in [-0.4, -0.2) is 35.7 Å². The van der Waals surface area contributed by atoms with Crippen LogP contribution in [0.5, 0.6) is 0 Å². The minimum Gasteiger partial charge on any atom is -0.392 e. The van der Waals surface area contributed by atoms with Gasteiger partial charge in [-0.15, -0.1) is 0 Å². The van der Waals surface area contributed by atoms with Crippen molar-refractivity contribution in [1.29, 1.82) is 0 Å². The molecule has 1 heterocycles. The van der Waals surface area contributed by atoms with Crippen LogP contribution in [0.1, 0.15) is 27.2 Å². The fraction of sp³-hybridized carbons (Fsp3) is 0.818. The lowest BCUT2D eigenvalue weighted by Gasteiger charge is -2.30. The average molecular weight is 183 g/mol. The third-order valence-electron chi connectivity index (χ3n) is 2.53. The predicted octanol–water partition coefficient (Wildman–Crippen LogP) is 1.66. The number of rotatable bonds is 3. The van der Waals surface area contributed by atoms with Crippen LogP contribution < -0.4 is 0 Å². The van der Waals surface area contributed by atoms with Crippen LogP contribution >= 0.6 is 0 Å². The van der Waals surface area contributed by atoms with Crippen molar-refractivity contribution < 1.29 is 5.11 Å². The molecule has 0 aromatic carbocycles. The maximum atomic E-state index is 9.52. The lowest BCUT2D eigenvalue weighted by Crippen LogP contribution is -2.38. The largest absolute Gasteiger partial charge is 0.392 e. The molecule has 2 atom stereocenters. The maximum Gasteiger partial charge on any atom is 0.0664 e. The molecule has 0 aliphatic carbocycles. The van der Waals surface area contributed by atoms with Crippen molar-refractivity contribution in [2.45, 2.75) is 33.3 Å². The average Bonchev–Trinajstić information content (AvgIpc) is 2.02. The lowest BCUT2D eigenvalue weighted by atomic mass is 10.0. The second-order valence-corrected chi connectivity index (χ2v) is 4.25. The molecule has 1 aliphatic rings. The van der Waals surface area contributed by atoms with E-state index in [1.54, 1.807) is 0 Å². The van der Waals surface area contributed by atoms with E-state index in [1.807, 2.05) is 6.92 Å². The van der Waals surface area contributed by atoms with Crippen molar-refractivity contribution in [3.8, 4) is 0 Å². The summed E-state index contributed by atoms with van der Waals surface area (Å²) < 4.78 is 0. The number of β-amino-alcohol motifs (C(OH)–C–C–N with tert-alkyl or cyclic N) is 1. The second-order valence-electron chi connectivity index (χ2n) is 4.25. The highest BCUT2D eigenvalue weighted by Gasteiger charge is 2.16. The van der Waals surface area contributed by atoms with E-state index in [4.69, 9.17) is 0 Å². The summed E-state index contributed by atoms with van der Waals surface area (Å²) in [7, 11) is 0. The highest BCUT2D eigenvalue weighted by atomic mass is 16.3. The Kier molecular flexibility index (Phi) is 3.94. The number of nitrogens with zero attached hydrogens (tertiary/aromatic N) is 1. The zero-order valence-electron chi connectivity index (χ0n) is 8.95. The standard InChI is InChI=1S/C11H21NO/c1-4-11(13)8-12-6-9(2)5-10(3)7-12/h5,9,11,13H,4,6-8H2,1-3H3. The minimum atomic E-state index is -0.155. The van der Waals surface area contributed by atoms with Crippen molar-refractivity contribution in [3.05, 3.63) is 11.6 Å². The van der Waals surface area contributed by atoms with Crippen LogP contribution in [0.15, 0.2) is 11.6 Å². The summed E-state index contributed by atoms with van der Waals surface area (Å²) in [6, 6.07) is 0. The van der Waals surface area contributed by atoms with E-state index in [-0.39, 0.29) is 6.10 Å². The third kappa shape index (κ3) is 3.49. The van der Waals surface area contributed by atoms with Crippen LogP contribution in [0, 0.1) is 5.92 Å². The summed E-state index contributed by atoms with van der Waals surface area (Å²) in [5, 5.41) is 9.52. The molecule has 13 heavy (non-hydrogen) atoms. The maximum absolute atomic E-state index is 9.52. The summed E-state index contributed by atoms with van der Waals surface area (Å²) in [5.74, 6) is 0.637. The molecule has 1 aliphatic heterocycles. The fourth-order valence-electron chi connectivity index (χ4n) is 1.98. The smallest absolute Gasteiger partial charge is 0.0664 e. The van der Waals surface area contributed by atoms with Crippen LogP contribution in [0.25, 0.3) is 0 Å². The Balaban J connectivity index is 2.41. The molecule has 0 saturated carbocycles. The highest BCUT2D eigenvalue weighted by Crippen LogP contribution is 2.14. The van der Waals surface area contributed by atoms with Crippen molar-refractivity contribution >= 4 is 0 Å². The fourth-order valence-corrected chi connectivity index (χ4v) is 1.98. The lowest BCUT2D eigenvalue weighted by molar-refractivity contribution is 0.106. The van der Waals surface area contributed by atoms with Gasteiger partial charge in [-0.1, -0.05) is 25.5 Å². The molecule has 0 bridgehead atoms. The van der Waals surface area contributed by atoms with Gasteiger partial charge in [-0.25, -0.2) is 0 Å². The van der Waals surface area contributed by atoms with Gasteiger partial charge in [0.25, 0.3) is 0 Å². The molecule has 0 fully saturated rings. The highest BCUT2D eigenvalue weighted by molar-refractivity contribution is 5.07. The van der Waals surface area contributed by atoms with Gasteiger partial charge in [-0.2, -0.15) is 0 Å². The van der Waals surface area contributed by atoms with E-state index < -0.39 is 0 Å². The second kappa shape index (κ2) is 4.77. The number of hydrogen-bond acceptors (Lipinski definition) is 2. The molecule has 2 heteroatoms. The van der Waals surface area contributed by atoms with Gasteiger partial charge in [0.1, 0.15) is 0 Å². The van der Waals surface area contributed by atoms with Gasteiger partial charge in [0, 0.05) is 19.6 Å². The predicted molar refractivity (Wildman–Crippen MR) is 55.7 cm³/mol. The van der Waals surface area contributed by atoms with E-state index in [1.165, 1.54) is 5.57 Å². The Morgan fingerprint density at radius 1 is 1.69 bits per heavy atom. The van der Waals surface area contributed by atoms with Gasteiger partial charge in [-0.3, -0.25) is 4.90 Å². The van der Waals surface area contributed by atoms with E-state index in [0.29, 0.717) is 5.92 Å². The molecular formula is C11H21NO. The van der Waals surface area contributed by atoms with Gasteiger partial charge in [0.05, 0.1) is 6.10 Å². The first-order chi connectivity index (χ1) is 6.11. The molecule has 76 valence electrons. The minimum absolute atomic E-state index is 0.155. The Labute approximate surface area is 81.2 Å². The van der Waals surface area contributed by atoms with Gasteiger partial charge in [0.15, 0.2) is 0 Å². The Hall–Kier alpha value is -0.340. The molecule has 0 amide bonds. The number of aliphatic hydroxyl groups excluding tert-OH is 1. The van der Waals surface area contributed by atoms with Gasteiger partial charge in [-0.05, 0) is 19.3 Å². The Bertz CT molecular complexity index is 189. The van der Waals surface area contributed by atoms with E-state index in [9.17, 15) is 5.11 Å². The monoisotopic (exact) mass is 183 g/mol. The summed E-state index contributed by atoms with van der Waals surface area (Å²) >= 11 is 0. The summed E-state index contributed by atoms with van der Waals surface area (Å²) in [6.07, 6.45) is 3.03. The quantitative estimate of drug-likeness (QED) is 0.673. The molecule has 0 radical (unpaired) electrons. The SMILES string of the molecule is CCC(O)CN1CC(C)=CC(C)C1. The van der Waals surface area contributed by atoms with Crippen molar-refractivity contribution in [2.75, 3.05) is 19.6 Å². The van der Waals surface area contributed by atoms with E-state index in [2.05, 4.69) is 24.8 Å². The van der Waals surface area contributed by atoms with Crippen molar-refractivity contribution in [2.24, 2.45) is 5.92 Å².